The Bertz CT molecular complexity index is 1050. The fourth-order valence-electron chi connectivity index (χ4n) is 5.08. The molecule has 13 heteroatoms. The number of carbonyl (C=O) groups excluding carboxylic acids is 4. The fourth-order valence-corrected chi connectivity index (χ4v) is 5.08. The van der Waals surface area contributed by atoms with Gasteiger partial charge in [0.05, 0.1) is 25.4 Å². The number of hydrogen-bond acceptors (Lipinski definition) is 9. The zero-order valence-corrected chi connectivity index (χ0v) is 27.5. The van der Waals surface area contributed by atoms with E-state index in [1.165, 1.54) is 0 Å². The average molecular weight is 636 g/mol. The van der Waals surface area contributed by atoms with Crippen molar-refractivity contribution in [3.63, 3.8) is 0 Å². The molecular formula is C32H53N5O8. The Morgan fingerprint density at radius 2 is 1.40 bits per heavy atom. The second-order valence-electron chi connectivity index (χ2n) is 12.0. The van der Waals surface area contributed by atoms with E-state index in [9.17, 15) is 24.3 Å². The van der Waals surface area contributed by atoms with Crippen LogP contribution in [0.15, 0.2) is 30.3 Å². The summed E-state index contributed by atoms with van der Waals surface area (Å²) in [6, 6.07) is 6.90. The second-order valence-corrected chi connectivity index (χ2v) is 12.0. The summed E-state index contributed by atoms with van der Waals surface area (Å²) >= 11 is 0. The molecule has 4 atom stereocenters. The van der Waals surface area contributed by atoms with E-state index in [-0.39, 0.29) is 37.5 Å². The third-order valence-corrected chi connectivity index (χ3v) is 7.58. The van der Waals surface area contributed by atoms with E-state index >= 15 is 0 Å². The molecule has 4 amide bonds. The number of carbonyl (C=O) groups is 4. The van der Waals surface area contributed by atoms with Crippen molar-refractivity contribution in [2.75, 3.05) is 39.5 Å². The summed E-state index contributed by atoms with van der Waals surface area (Å²) in [4.78, 5) is 51.3. The number of hydrazine groups is 1. The van der Waals surface area contributed by atoms with E-state index in [0.717, 1.165) is 18.4 Å². The topological polar surface area (TPSA) is 168 Å². The Balaban J connectivity index is 2.30. The Kier molecular flexibility index (Phi) is 16.7. The van der Waals surface area contributed by atoms with Crippen LogP contribution in [0.2, 0.25) is 0 Å². The second kappa shape index (κ2) is 19.9. The highest BCUT2D eigenvalue weighted by atomic mass is 16.6. The van der Waals surface area contributed by atoms with Gasteiger partial charge in [-0.3, -0.25) is 15.0 Å². The maximum Gasteiger partial charge on any atom is 0.407 e. The third-order valence-electron chi connectivity index (χ3n) is 7.58. The average Bonchev–Trinajstić information content (AvgIpc) is 2.99. The SMILES string of the molecule is CCOC(=O)N[C@H](C(=O)NC(Cc1ccccc1)C(O)CN(CC1CCOCC1)NC(=O)[C@@H](NC(=O)OCC)C(C)C)C(C)C. The number of nitrogens with one attached hydrogen (secondary N) is 4. The lowest BCUT2D eigenvalue weighted by Gasteiger charge is -2.35. The van der Waals surface area contributed by atoms with Crippen LogP contribution in [-0.2, 0) is 30.2 Å². The van der Waals surface area contributed by atoms with E-state index in [2.05, 4.69) is 21.4 Å². The Morgan fingerprint density at radius 1 is 0.867 bits per heavy atom. The Labute approximate surface area is 267 Å². The van der Waals surface area contributed by atoms with Gasteiger partial charge < -0.3 is 35.3 Å². The number of amides is 4. The van der Waals surface area contributed by atoms with Crippen molar-refractivity contribution >= 4 is 24.0 Å². The number of aliphatic hydroxyl groups is 1. The van der Waals surface area contributed by atoms with E-state index in [4.69, 9.17) is 14.2 Å². The molecule has 45 heavy (non-hydrogen) atoms. The summed E-state index contributed by atoms with van der Waals surface area (Å²) in [7, 11) is 0. The molecule has 1 fully saturated rings. The highest BCUT2D eigenvalue weighted by Gasteiger charge is 2.33. The van der Waals surface area contributed by atoms with Crippen molar-refractivity contribution in [2.24, 2.45) is 17.8 Å². The van der Waals surface area contributed by atoms with Gasteiger partial charge in [0.25, 0.3) is 5.91 Å². The lowest BCUT2D eigenvalue weighted by Crippen LogP contribution is -2.60. The van der Waals surface area contributed by atoms with E-state index < -0.39 is 48.2 Å². The molecule has 0 aliphatic carbocycles. The van der Waals surface area contributed by atoms with Crippen molar-refractivity contribution in [3.05, 3.63) is 35.9 Å². The van der Waals surface area contributed by atoms with Gasteiger partial charge in [-0.25, -0.2) is 14.6 Å². The molecule has 2 unspecified atom stereocenters. The molecule has 0 bridgehead atoms. The molecule has 13 nitrogen and oxygen atoms in total. The van der Waals surface area contributed by atoms with Crippen molar-refractivity contribution in [1.29, 1.82) is 0 Å². The summed E-state index contributed by atoms with van der Waals surface area (Å²) in [5, 5.41) is 21.5. The quantitative estimate of drug-likeness (QED) is 0.162. The fraction of sp³-hybridized carbons (Fsp3) is 0.688. The molecule has 1 saturated heterocycles. The van der Waals surface area contributed by atoms with Crippen LogP contribution in [-0.4, -0.2) is 97.9 Å². The largest absolute Gasteiger partial charge is 0.450 e. The number of rotatable bonds is 17. The number of ether oxygens (including phenoxy) is 3. The van der Waals surface area contributed by atoms with Crippen molar-refractivity contribution in [1.82, 2.24) is 26.4 Å². The highest BCUT2D eigenvalue weighted by Crippen LogP contribution is 2.17. The van der Waals surface area contributed by atoms with Gasteiger partial charge in [0.2, 0.25) is 5.91 Å². The van der Waals surface area contributed by atoms with Crippen molar-refractivity contribution < 1.29 is 38.5 Å². The van der Waals surface area contributed by atoms with Crippen LogP contribution in [0, 0.1) is 17.8 Å². The summed E-state index contributed by atoms with van der Waals surface area (Å²) in [5.41, 5.74) is 3.80. The molecule has 0 saturated carbocycles. The lowest BCUT2D eigenvalue weighted by molar-refractivity contribution is -0.131. The van der Waals surface area contributed by atoms with Crippen LogP contribution in [0.1, 0.15) is 59.9 Å². The van der Waals surface area contributed by atoms with Gasteiger partial charge in [0, 0.05) is 26.3 Å². The maximum absolute atomic E-state index is 13.5. The summed E-state index contributed by atoms with van der Waals surface area (Å²) in [6.07, 6.45) is -0.637. The maximum atomic E-state index is 13.5. The summed E-state index contributed by atoms with van der Waals surface area (Å²) in [6.45, 7) is 12.6. The number of hydrogen-bond donors (Lipinski definition) is 5. The highest BCUT2D eigenvalue weighted by molar-refractivity contribution is 5.86. The molecular weight excluding hydrogens is 582 g/mol. The van der Waals surface area contributed by atoms with Crippen LogP contribution in [0.5, 0.6) is 0 Å². The number of nitrogens with zero attached hydrogens (tertiary/aromatic N) is 1. The summed E-state index contributed by atoms with van der Waals surface area (Å²) in [5.74, 6) is -1.21. The van der Waals surface area contributed by atoms with Gasteiger partial charge >= 0.3 is 12.2 Å². The normalized spacial score (nSPS) is 16.4. The molecule has 1 aromatic rings. The van der Waals surface area contributed by atoms with Gasteiger partial charge in [-0.1, -0.05) is 58.0 Å². The summed E-state index contributed by atoms with van der Waals surface area (Å²) < 4.78 is 15.5. The predicted octanol–water partition coefficient (Wildman–Crippen LogP) is 2.38. The molecule has 0 spiro atoms. The molecule has 0 radical (unpaired) electrons. The number of aliphatic hydroxyl groups excluding tert-OH is 1. The van der Waals surface area contributed by atoms with Crippen LogP contribution in [0.4, 0.5) is 9.59 Å². The lowest BCUT2D eigenvalue weighted by atomic mass is 9.97. The number of benzene rings is 1. The van der Waals surface area contributed by atoms with Crippen LogP contribution in [0.3, 0.4) is 0 Å². The smallest absolute Gasteiger partial charge is 0.407 e. The Hall–Kier alpha value is -3.42. The van der Waals surface area contributed by atoms with Crippen LogP contribution < -0.4 is 21.4 Å². The van der Waals surface area contributed by atoms with Gasteiger partial charge in [0.15, 0.2) is 0 Å². The van der Waals surface area contributed by atoms with Gasteiger partial charge in [-0.2, -0.15) is 0 Å². The molecule has 1 aliphatic rings. The molecule has 2 rings (SSSR count). The molecule has 254 valence electrons. The van der Waals surface area contributed by atoms with Gasteiger partial charge in [0.1, 0.15) is 12.1 Å². The van der Waals surface area contributed by atoms with Crippen molar-refractivity contribution in [2.45, 2.75) is 85.0 Å². The monoisotopic (exact) mass is 635 g/mol. The molecule has 5 N–H and O–H groups in total. The molecule has 1 aromatic carbocycles. The van der Waals surface area contributed by atoms with Crippen LogP contribution >= 0.6 is 0 Å². The first-order valence-corrected chi connectivity index (χ1v) is 16.0. The molecule has 0 aromatic heterocycles. The molecule has 1 aliphatic heterocycles. The van der Waals surface area contributed by atoms with Gasteiger partial charge in [-0.05, 0) is 56.4 Å². The molecule has 1 heterocycles. The van der Waals surface area contributed by atoms with Gasteiger partial charge in [-0.15, -0.1) is 0 Å². The first kappa shape index (κ1) is 37.8. The minimum atomic E-state index is -1.12. The van der Waals surface area contributed by atoms with E-state index in [0.29, 0.717) is 26.2 Å². The minimum absolute atomic E-state index is 0.0112. The zero-order valence-electron chi connectivity index (χ0n) is 27.5. The predicted molar refractivity (Wildman–Crippen MR) is 169 cm³/mol. The Morgan fingerprint density at radius 3 is 1.91 bits per heavy atom. The third kappa shape index (κ3) is 13.6. The standard InChI is InChI=1S/C32H53N5O8/c1-7-44-31(41)34-27(21(3)4)29(39)33-25(18-23-12-10-9-11-13-23)26(38)20-37(19-24-14-16-43-17-15-24)36-30(40)28(22(5)6)35-32(42)45-8-2/h9-13,21-22,24-28,38H,7-8,14-20H2,1-6H3,(H,33,39)(H,34,41)(H,35,42)(H,36,40)/t25?,26?,27-,28-/m0/s1. The van der Waals surface area contributed by atoms with E-state index in [1.54, 1.807) is 32.7 Å². The van der Waals surface area contributed by atoms with E-state index in [1.807, 2.05) is 44.2 Å². The van der Waals surface area contributed by atoms with Crippen LogP contribution in [0.25, 0.3) is 0 Å². The zero-order chi connectivity index (χ0) is 33.4. The first-order chi connectivity index (χ1) is 21.4. The number of alkyl carbamates (subject to hydrolysis) is 2. The minimum Gasteiger partial charge on any atom is -0.450 e. The van der Waals surface area contributed by atoms with Crippen molar-refractivity contribution in [3.8, 4) is 0 Å². The first-order valence-electron chi connectivity index (χ1n) is 16.0.